The van der Waals surface area contributed by atoms with Gasteiger partial charge < -0.3 is 14.7 Å². The first kappa shape index (κ1) is 18.7. The van der Waals surface area contributed by atoms with Crippen LogP contribution in [-0.4, -0.2) is 28.0 Å². The van der Waals surface area contributed by atoms with E-state index in [4.69, 9.17) is 4.74 Å². The van der Waals surface area contributed by atoms with Crippen LogP contribution in [0.2, 0.25) is 0 Å². The van der Waals surface area contributed by atoms with Crippen molar-refractivity contribution in [2.24, 2.45) is 0 Å². The van der Waals surface area contributed by atoms with Crippen LogP contribution >= 0.6 is 0 Å². The molecule has 2 atom stereocenters. The molecule has 0 spiro atoms. The molecular formula is C20H27NO5. The molecule has 142 valence electrons. The molecule has 0 amide bonds. The Bertz CT molecular complexity index is 727. The molecule has 2 aliphatic rings. The van der Waals surface area contributed by atoms with Gasteiger partial charge in [-0.1, -0.05) is 23.8 Å². The number of aliphatic hydroxyl groups is 1. The number of unbranched alkanes of at least 4 members (excludes halogenated alkanes) is 1. The lowest BCUT2D eigenvalue weighted by atomic mass is 9.64. The molecule has 6 heteroatoms. The van der Waals surface area contributed by atoms with Crippen molar-refractivity contribution < 1.29 is 19.8 Å². The number of ether oxygens (including phenoxy) is 1. The Hall–Kier alpha value is -2.08. The topological polar surface area (TPSA) is 81.8 Å². The molecule has 0 radical (unpaired) electrons. The lowest BCUT2D eigenvalue weighted by Gasteiger charge is -2.52. The third kappa shape index (κ3) is 3.43. The van der Waals surface area contributed by atoms with Gasteiger partial charge >= 0.3 is 0 Å². The lowest BCUT2D eigenvalue weighted by molar-refractivity contribution is -0.757. The fourth-order valence-electron chi connectivity index (χ4n) is 4.08. The van der Waals surface area contributed by atoms with Gasteiger partial charge in [-0.2, -0.15) is 0 Å². The number of rotatable bonds is 6. The third-order valence-electron chi connectivity index (χ3n) is 5.74. The third-order valence-corrected chi connectivity index (χ3v) is 5.74. The molecule has 0 saturated carbocycles. The van der Waals surface area contributed by atoms with Crippen LogP contribution < -0.4 is 4.74 Å². The molecule has 1 aromatic rings. The molecule has 1 aliphatic carbocycles. The fourth-order valence-corrected chi connectivity index (χ4v) is 4.08. The first-order chi connectivity index (χ1) is 12.2. The Morgan fingerprint density at radius 2 is 2.15 bits per heavy atom. The van der Waals surface area contributed by atoms with E-state index in [-0.39, 0.29) is 12.5 Å². The van der Waals surface area contributed by atoms with Gasteiger partial charge in [0, 0.05) is 11.5 Å². The second kappa shape index (κ2) is 6.91. The van der Waals surface area contributed by atoms with Gasteiger partial charge in [-0.15, -0.1) is 10.1 Å². The van der Waals surface area contributed by atoms with Crippen molar-refractivity contribution in [2.45, 2.75) is 70.0 Å². The molecule has 0 unspecified atom stereocenters. The van der Waals surface area contributed by atoms with E-state index in [0.29, 0.717) is 12.8 Å². The minimum Gasteiger partial charge on any atom is -0.485 e. The smallest absolute Gasteiger partial charge is 0.294 e. The van der Waals surface area contributed by atoms with Crippen molar-refractivity contribution in [1.82, 2.24) is 0 Å². The molecule has 26 heavy (non-hydrogen) atoms. The van der Waals surface area contributed by atoms with Crippen LogP contribution in [0, 0.1) is 10.1 Å². The van der Waals surface area contributed by atoms with E-state index in [9.17, 15) is 15.2 Å². The maximum absolute atomic E-state index is 11.4. The summed E-state index contributed by atoms with van der Waals surface area (Å²) < 4.78 is 6.23. The number of aryl methyl sites for hydroxylation is 1. The largest absolute Gasteiger partial charge is 0.485 e. The van der Waals surface area contributed by atoms with Crippen molar-refractivity contribution >= 4 is 0 Å². The number of hydrogen-bond donors (Lipinski definition) is 1. The Kier molecular flexibility index (Phi) is 4.97. The molecule has 6 nitrogen and oxygen atoms in total. The molecule has 0 saturated heterocycles. The maximum atomic E-state index is 11.4. The van der Waals surface area contributed by atoms with Crippen molar-refractivity contribution in [2.75, 3.05) is 6.61 Å². The predicted molar refractivity (Wildman–Crippen MR) is 97.7 cm³/mol. The zero-order valence-electron chi connectivity index (χ0n) is 15.7. The summed E-state index contributed by atoms with van der Waals surface area (Å²) in [6, 6.07) is 6.16. The molecule has 0 fully saturated rings. The second-order valence-electron chi connectivity index (χ2n) is 7.91. The highest BCUT2D eigenvalue weighted by molar-refractivity contribution is 5.48. The minimum atomic E-state index is -0.902. The first-order valence-electron chi connectivity index (χ1n) is 9.22. The molecule has 3 rings (SSSR count). The minimum absolute atomic E-state index is 0.0578. The molecule has 1 N–H and O–H groups in total. The molecular weight excluding hydrogens is 334 g/mol. The van der Waals surface area contributed by atoms with Crippen LogP contribution in [0.1, 0.15) is 63.5 Å². The van der Waals surface area contributed by atoms with Gasteiger partial charge in [-0.3, -0.25) is 0 Å². The summed E-state index contributed by atoms with van der Waals surface area (Å²) in [6.45, 7) is 6.15. The summed E-state index contributed by atoms with van der Waals surface area (Å²) in [7, 11) is 0. The van der Waals surface area contributed by atoms with E-state index in [1.54, 1.807) is 0 Å². The molecule has 0 bridgehead atoms. The van der Waals surface area contributed by atoms with Gasteiger partial charge in [0.1, 0.15) is 17.0 Å². The summed E-state index contributed by atoms with van der Waals surface area (Å²) in [5.41, 5.74) is 1.90. The number of fused-ring (bicyclic) bond motifs is 3. The van der Waals surface area contributed by atoms with Crippen LogP contribution in [0.3, 0.4) is 0 Å². The van der Waals surface area contributed by atoms with E-state index < -0.39 is 16.3 Å². The van der Waals surface area contributed by atoms with Crippen LogP contribution in [0.25, 0.3) is 0 Å². The number of nitrogens with zero attached hydrogens (tertiary/aromatic N) is 1. The van der Waals surface area contributed by atoms with E-state index in [0.717, 1.165) is 36.1 Å². The highest BCUT2D eigenvalue weighted by atomic mass is 16.9. The average molecular weight is 361 g/mol. The lowest BCUT2D eigenvalue weighted by Crippen LogP contribution is -2.60. The van der Waals surface area contributed by atoms with E-state index >= 15 is 0 Å². The van der Waals surface area contributed by atoms with E-state index in [1.165, 1.54) is 5.57 Å². The van der Waals surface area contributed by atoms with Crippen molar-refractivity contribution in [1.29, 1.82) is 0 Å². The SMILES string of the molecule is CC1=C[C@@H]2c3ccc(CCCCO[N+](=O)[O-])cc3OC(C)(C)[C@@]2(O)CC1. The highest BCUT2D eigenvalue weighted by Gasteiger charge is 2.55. The first-order valence-corrected chi connectivity index (χ1v) is 9.22. The highest BCUT2D eigenvalue weighted by Crippen LogP contribution is 2.53. The quantitative estimate of drug-likeness (QED) is 0.359. The molecule has 1 aliphatic heterocycles. The summed E-state index contributed by atoms with van der Waals surface area (Å²) >= 11 is 0. The Morgan fingerprint density at radius 3 is 2.88 bits per heavy atom. The Labute approximate surface area is 153 Å². The summed E-state index contributed by atoms with van der Waals surface area (Å²) in [5.74, 6) is 0.771. The van der Waals surface area contributed by atoms with Gasteiger partial charge in [0.15, 0.2) is 0 Å². The number of benzene rings is 1. The van der Waals surface area contributed by atoms with Crippen molar-refractivity contribution in [3.63, 3.8) is 0 Å². The van der Waals surface area contributed by atoms with E-state index in [1.807, 2.05) is 19.9 Å². The van der Waals surface area contributed by atoms with Crippen LogP contribution in [0.4, 0.5) is 0 Å². The van der Waals surface area contributed by atoms with Crippen molar-refractivity contribution in [3.8, 4) is 5.75 Å². The Morgan fingerprint density at radius 1 is 1.38 bits per heavy atom. The molecule has 0 aromatic heterocycles. The van der Waals surface area contributed by atoms with E-state index in [2.05, 4.69) is 30.0 Å². The van der Waals surface area contributed by atoms with Crippen LogP contribution in [-0.2, 0) is 11.3 Å². The Balaban J connectivity index is 1.77. The van der Waals surface area contributed by atoms with Gasteiger partial charge in [-0.25, -0.2) is 0 Å². The normalized spacial score (nSPS) is 26.2. The van der Waals surface area contributed by atoms with Crippen molar-refractivity contribution in [3.05, 3.63) is 51.1 Å². The summed E-state index contributed by atoms with van der Waals surface area (Å²) in [6.07, 6.45) is 6.02. The maximum Gasteiger partial charge on any atom is 0.294 e. The predicted octanol–water partition coefficient (Wildman–Crippen LogP) is 3.94. The standard InChI is InChI=1S/C20H27NO5/c1-14-9-10-20(22)17(12-14)16-8-7-15(6-4-5-11-25-21(23)24)13-18(16)26-19(20,2)3/h7-8,12-13,17,22H,4-6,9-11H2,1-3H3/t17-,20-/m1/s1. The van der Waals surface area contributed by atoms with Crippen LogP contribution in [0.15, 0.2) is 29.8 Å². The fraction of sp³-hybridized carbons (Fsp3) is 0.600. The monoisotopic (exact) mass is 361 g/mol. The van der Waals surface area contributed by atoms with Gasteiger partial charge in [-0.05, 0) is 64.5 Å². The molecule has 1 heterocycles. The van der Waals surface area contributed by atoms with Gasteiger partial charge in [0.05, 0.1) is 6.61 Å². The summed E-state index contributed by atoms with van der Waals surface area (Å²) in [5, 5.41) is 20.8. The van der Waals surface area contributed by atoms with Gasteiger partial charge in [0.25, 0.3) is 5.09 Å². The summed E-state index contributed by atoms with van der Waals surface area (Å²) in [4.78, 5) is 14.5. The van der Waals surface area contributed by atoms with Gasteiger partial charge in [0.2, 0.25) is 0 Å². The average Bonchev–Trinajstić information content (AvgIpc) is 2.56. The van der Waals surface area contributed by atoms with Crippen LogP contribution in [0.5, 0.6) is 5.75 Å². The zero-order valence-corrected chi connectivity index (χ0v) is 15.7. The zero-order chi connectivity index (χ0) is 18.9. The second-order valence-corrected chi connectivity index (χ2v) is 7.91. The number of allylic oxidation sites excluding steroid dienone is 1. The molecule has 1 aromatic carbocycles. The number of hydrogen-bond acceptors (Lipinski definition) is 5.